The van der Waals surface area contributed by atoms with E-state index >= 15 is 0 Å². The largest absolute Gasteiger partial charge is 0.283 e. The van der Waals surface area contributed by atoms with Crippen LogP contribution in [0.3, 0.4) is 0 Å². The van der Waals surface area contributed by atoms with Gasteiger partial charge in [-0.05, 0) is 25.1 Å². The lowest BCUT2D eigenvalue weighted by Crippen LogP contribution is -2.24. The van der Waals surface area contributed by atoms with Crippen molar-refractivity contribution in [3.05, 3.63) is 47.3 Å². The Morgan fingerprint density at radius 3 is 2.74 bits per heavy atom. The van der Waals surface area contributed by atoms with Gasteiger partial charge in [0.15, 0.2) is 0 Å². The number of hydrogen-bond acceptors (Lipinski definition) is 3. The summed E-state index contributed by atoms with van der Waals surface area (Å²) in [4.78, 5) is -0.714. The molecule has 5 nitrogen and oxygen atoms in total. The normalized spacial score (nSPS) is 11.7. The van der Waals surface area contributed by atoms with E-state index in [2.05, 4.69) is 14.9 Å². The number of benzene rings is 1. The van der Waals surface area contributed by atoms with Gasteiger partial charge < -0.3 is 0 Å². The number of rotatable bonds is 4. The SMILES string of the molecule is Cc1[nH]ncc1CNS(=O)(=O)c1cc(F)ccc1F. The predicted molar refractivity (Wildman–Crippen MR) is 63.7 cm³/mol. The third kappa shape index (κ3) is 2.96. The number of H-pyrrole nitrogens is 1. The van der Waals surface area contributed by atoms with Gasteiger partial charge in [0.2, 0.25) is 10.0 Å². The van der Waals surface area contributed by atoms with Gasteiger partial charge in [-0.1, -0.05) is 0 Å². The van der Waals surface area contributed by atoms with Gasteiger partial charge in [0.1, 0.15) is 16.5 Å². The molecule has 0 saturated heterocycles. The quantitative estimate of drug-likeness (QED) is 0.894. The van der Waals surface area contributed by atoms with Crippen LogP contribution in [0.5, 0.6) is 0 Å². The molecule has 0 aliphatic carbocycles. The lowest BCUT2D eigenvalue weighted by Gasteiger charge is -2.07. The highest BCUT2D eigenvalue weighted by Crippen LogP contribution is 2.16. The molecule has 1 aromatic heterocycles. The van der Waals surface area contributed by atoms with Crippen molar-refractivity contribution in [2.75, 3.05) is 0 Å². The van der Waals surface area contributed by atoms with E-state index in [4.69, 9.17) is 0 Å². The minimum absolute atomic E-state index is 0.0549. The van der Waals surface area contributed by atoms with Crippen molar-refractivity contribution in [1.29, 1.82) is 0 Å². The third-order valence-corrected chi connectivity index (χ3v) is 3.99. The summed E-state index contributed by atoms with van der Waals surface area (Å²) in [5, 5.41) is 6.38. The van der Waals surface area contributed by atoms with Crippen LogP contribution < -0.4 is 4.72 Å². The molecule has 0 bridgehead atoms. The zero-order chi connectivity index (χ0) is 14.0. The van der Waals surface area contributed by atoms with Crippen LogP contribution in [0.15, 0.2) is 29.3 Å². The average Bonchev–Trinajstić information content (AvgIpc) is 2.75. The van der Waals surface area contributed by atoms with E-state index in [1.807, 2.05) is 0 Å². The molecule has 0 unspecified atom stereocenters. The lowest BCUT2D eigenvalue weighted by atomic mass is 10.3. The van der Waals surface area contributed by atoms with E-state index in [9.17, 15) is 17.2 Å². The van der Waals surface area contributed by atoms with Crippen molar-refractivity contribution in [2.24, 2.45) is 0 Å². The maximum atomic E-state index is 13.4. The topological polar surface area (TPSA) is 74.8 Å². The Labute approximate surface area is 108 Å². The lowest BCUT2D eigenvalue weighted by molar-refractivity contribution is 0.545. The zero-order valence-electron chi connectivity index (χ0n) is 9.94. The second-order valence-corrected chi connectivity index (χ2v) is 5.65. The van der Waals surface area contributed by atoms with Crippen molar-refractivity contribution in [2.45, 2.75) is 18.4 Å². The molecule has 0 fully saturated rings. The molecule has 1 heterocycles. The van der Waals surface area contributed by atoms with Gasteiger partial charge in [-0.15, -0.1) is 0 Å². The van der Waals surface area contributed by atoms with Crippen molar-refractivity contribution in [1.82, 2.24) is 14.9 Å². The molecule has 2 N–H and O–H groups in total. The average molecular weight is 287 g/mol. The molecule has 0 atom stereocenters. The molecule has 0 amide bonds. The van der Waals surface area contributed by atoms with Crippen molar-refractivity contribution in [3.63, 3.8) is 0 Å². The Hall–Kier alpha value is -1.80. The van der Waals surface area contributed by atoms with Crippen LogP contribution in [0, 0.1) is 18.6 Å². The van der Waals surface area contributed by atoms with Gasteiger partial charge in [-0.3, -0.25) is 5.10 Å². The summed E-state index contributed by atoms with van der Waals surface area (Å²) in [6, 6.07) is 2.27. The fraction of sp³-hybridized carbons (Fsp3) is 0.182. The maximum Gasteiger partial charge on any atom is 0.243 e. The van der Waals surface area contributed by atoms with Gasteiger partial charge in [0, 0.05) is 17.8 Å². The molecule has 8 heteroatoms. The highest BCUT2D eigenvalue weighted by Gasteiger charge is 2.20. The summed E-state index contributed by atoms with van der Waals surface area (Å²) >= 11 is 0. The van der Waals surface area contributed by atoms with Crippen molar-refractivity contribution < 1.29 is 17.2 Å². The smallest absolute Gasteiger partial charge is 0.243 e. The molecule has 102 valence electrons. The van der Waals surface area contributed by atoms with E-state index in [0.717, 1.165) is 12.1 Å². The zero-order valence-corrected chi connectivity index (χ0v) is 10.8. The van der Waals surface area contributed by atoms with Crippen LogP contribution in [-0.4, -0.2) is 18.6 Å². The summed E-state index contributed by atoms with van der Waals surface area (Å²) in [6.45, 7) is 1.67. The summed E-state index contributed by atoms with van der Waals surface area (Å²) in [5.41, 5.74) is 1.32. The molecule has 0 aliphatic heterocycles. The Bertz CT molecular complexity index is 698. The number of hydrogen-bond donors (Lipinski definition) is 2. The van der Waals surface area contributed by atoms with Crippen molar-refractivity contribution >= 4 is 10.0 Å². The van der Waals surface area contributed by atoms with Crippen LogP contribution in [0.4, 0.5) is 8.78 Å². The summed E-state index contributed by atoms with van der Waals surface area (Å²) < 4.78 is 52.3. The van der Waals surface area contributed by atoms with Gasteiger partial charge in [-0.2, -0.15) is 5.10 Å². The molecular weight excluding hydrogens is 276 g/mol. The first kappa shape index (κ1) is 13.6. The molecule has 0 aliphatic rings. The van der Waals surface area contributed by atoms with Crippen LogP contribution in [-0.2, 0) is 16.6 Å². The molecular formula is C11H11F2N3O2S. The van der Waals surface area contributed by atoms with Gasteiger partial charge in [0.25, 0.3) is 0 Å². The predicted octanol–water partition coefficient (Wildman–Crippen LogP) is 1.47. The number of nitrogens with one attached hydrogen (secondary N) is 2. The van der Waals surface area contributed by atoms with Crippen LogP contribution in [0.2, 0.25) is 0 Å². The Kier molecular flexibility index (Phi) is 3.63. The number of aryl methyl sites for hydroxylation is 1. The monoisotopic (exact) mass is 287 g/mol. The highest BCUT2D eigenvalue weighted by atomic mass is 32.2. The molecule has 0 spiro atoms. The molecule has 0 radical (unpaired) electrons. The van der Waals surface area contributed by atoms with E-state index in [0.29, 0.717) is 17.3 Å². The first-order chi connectivity index (χ1) is 8.90. The van der Waals surface area contributed by atoms with E-state index < -0.39 is 26.6 Å². The summed E-state index contributed by atoms with van der Waals surface area (Å²) in [7, 11) is -4.11. The van der Waals surface area contributed by atoms with E-state index in [1.54, 1.807) is 6.92 Å². The summed E-state index contributed by atoms with van der Waals surface area (Å²) in [5.74, 6) is -1.82. The second-order valence-electron chi connectivity index (χ2n) is 3.92. The van der Waals surface area contributed by atoms with Crippen LogP contribution in [0.25, 0.3) is 0 Å². The maximum absolute atomic E-state index is 13.4. The first-order valence-electron chi connectivity index (χ1n) is 5.34. The number of aromatic amines is 1. The third-order valence-electron chi connectivity index (χ3n) is 2.57. The number of sulfonamides is 1. The molecule has 1 aromatic carbocycles. The standard InChI is InChI=1S/C11H11F2N3O2S/c1-7-8(5-14-16-7)6-15-19(17,18)11-4-9(12)2-3-10(11)13/h2-5,15H,6H2,1H3,(H,14,16). The minimum Gasteiger partial charge on any atom is -0.283 e. The Balaban J connectivity index is 2.23. The van der Waals surface area contributed by atoms with Gasteiger partial charge in [0.05, 0.1) is 6.20 Å². The molecule has 19 heavy (non-hydrogen) atoms. The second kappa shape index (κ2) is 5.06. The summed E-state index contributed by atoms with van der Waals surface area (Å²) in [6.07, 6.45) is 1.46. The van der Waals surface area contributed by atoms with Crippen molar-refractivity contribution in [3.8, 4) is 0 Å². The van der Waals surface area contributed by atoms with E-state index in [1.165, 1.54) is 6.20 Å². The highest BCUT2D eigenvalue weighted by molar-refractivity contribution is 7.89. The minimum atomic E-state index is -4.11. The Morgan fingerprint density at radius 1 is 1.37 bits per heavy atom. The van der Waals surface area contributed by atoms with E-state index in [-0.39, 0.29) is 6.54 Å². The fourth-order valence-electron chi connectivity index (χ4n) is 1.49. The Morgan fingerprint density at radius 2 is 2.11 bits per heavy atom. The van der Waals surface area contributed by atoms with Gasteiger partial charge >= 0.3 is 0 Å². The molecule has 2 rings (SSSR count). The number of aromatic nitrogens is 2. The van der Waals surface area contributed by atoms with Crippen LogP contribution in [0.1, 0.15) is 11.3 Å². The number of nitrogens with zero attached hydrogens (tertiary/aromatic N) is 1. The molecule has 0 saturated carbocycles. The van der Waals surface area contributed by atoms with Gasteiger partial charge in [-0.25, -0.2) is 21.9 Å². The fourth-order valence-corrected chi connectivity index (χ4v) is 2.58. The first-order valence-corrected chi connectivity index (χ1v) is 6.82. The van der Waals surface area contributed by atoms with Crippen LogP contribution >= 0.6 is 0 Å². The number of halogens is 2. The molecule has 2 aromatic rings.